The highest BCUT2D eigenvalue weighted by Gasteiger charge is 2.08. The second kappa shape index (κ2) is 7.53. The SMILES string of the molecule is CCOc1cc(NC(=O)Nc2ccnc3ccccc23)cc(OC)c1. The third-order valence-corrected chi connectivity index (χ3v) is 3.58. The molecule has 2 amide bonds. The molecule has 1 heterocycles. The second-order valence-corrected chi connectivity index (χ2v) is 5.29. The van der Waals surface area contributed by atoms with Crippen LogP contribution in [0.15, 0.2) is 54.7 Å². The maximum Gasteiger partial charge on any atom is 0.323 e. The van der Waals surface area contributed by atoms with Crippen molar-refractivity contribution in [2.24, 2.45) is 0 Å². The molecule has 0 saturated carbocycles. The van der Waals surface area contributed by atoms with Crippen LogP contribution in [0.1, 0.15) is 6.92 Å². The Hall–Kier alpha value is -3.28. The van der Waals surface area contributed by atoms with Gasteiger partial charge in [-0.1, -0.05) is 18.2 Å². The summed E-state index contributed by atoms with van der Waals surface area (Å²) in [7, 11) is 1.57. The standard InChI is InChI=1S/C19H19N3O3/c1-3-25-15-11-13(10-14(12-15)24-2)21-19(23)22-18-8-9-20-17-7-5-4-6-16(17)18/h4-12H,3H2,1-2H3,(H2,20,21,22,23). The first-order valence-electron chi connectivity index (χ1n) is 7.93. The van der Waals surface area contributed by atoms with E-state index in [1.54, 1.807) is 37.6 Å². The molecule has 0 spiro atoms. The van der Waals surface area contributed by atoms with Crippen LogP contribution in [0.2, 0.25) is 0 Å². The average Bonchev–Trinajstić information content (AvgIpc) is 2.62. The van der Waals surface area contributed by atoms with Crippen LogP contribution in [0.3, 0.4) is 0 Å². The van der Waals surface area contributed by atoms with Crippen molar-refractivity contribution in [3.8, 4) is 11.5 Å². The van der Waals surface area contributed by atoms with Gasteiger partial charge in [-0.15, -0.1) is 0 Å². The number of pyridine rings is 1. The number of anilines is 2. The molecule has 6 heteroatoms. The monoisotopic (exact) mass is 337 g/mol. The molecule has 0 unspecified atom stereocenters. The van der Waals surface area contributed by atoms with E-state index in [0.29, 0.717) is 29.5 Å². The number of hydrogen-bond acceptors (Lipinski definition) is 4. The van der Waals surface area contributed by atoms with Gasteiger partial charge < -0.3 is 20.1 Å². The molecule has 2 aromatic carbocycles. The van der Waals surface area contributed by atoms with E-state index in [-0.39, 0.29) is 6.03 Å². The van der Waals surface area contributed by atoms with Gasteiger partial charge in [-0.3, -0.25) is 4.98 Å². The lowest BCUT2D eigenvalue weighted by Gasteiger charge is -2.12. The summed E-state index contributed by atoms with van der Waals surface area (Å²) in [5.41, 5.74) is 2.09. The van der Waals surface area contributed by atoms with Gasteiger partial charge in [0.25, 0.3) is 0 Å². The van der Waals surface area contributed by atoms with E-state index >= 15 is 0 Å². The highest BCUT2D eigenvalue weighted by atomic mass is 16.5. The summed E-state index contributed by atoms with van der Waals surface area (Å²) in [6, 6.07) is 14.3. The molecule has 6 nitrogen and oxygen atoms in total. The van der Waals surface area contributed by atoms with Crippen molar-refractivity contribution >= 4 is 28.3 Å². The summed E-state index contributed by atoms with van der Waals surface area (Å²) < 4.78 is 10.7. The maximum atomic E-state index is 12.4. The molecule has 3 rings (SSSR count). The average molecular weight is 337 g/mol. The Morgan fingerprint density at radius 1 is 1.08 bits per heavy atom. The van der Waals surface area contributed by atoms with E-state index in [4.69, 9.17) is 9.47 Å². The first-order valence-corrected chi connectivity index (χ1v) is 7.93. The van der Waals surface area contributed by atoms with Crippen molar-refractivity contribution in [1.82, 2.24) is 4.98 Å². The molecule has 0 radical (unpaired) electrons. The minimum absolute atomic E-state index is 0.355. The molecule has 0 atom stereocenters. The van der Waals surface area contributed by atoms with E-state index in [0.717, 1.165) is 10.9 Å². The summed E-state index contributed by atoms with van der Waals surface area (Å²) in [5.74, 6) is 1.24. The normalized spacial score (nSPS) is 10.3. The minimum Gasteiger partial charge on any atom is -0.497 e. The number of fused-ring (bicyclic) bond motifs is 1. The molecule has 1 aromatic heterocycles. The Bertz CT molecular complexity index is 891. The molecule has 0 aliphatic carbocycles. The first kappa shape index (κ1) is 16.6. The Morgan fingerprint density at radius 3 is 2.68 bits per heavy atom. The number of carbonyl (C=O) groups excluding carboxylic acids is 1. The second-order valence-electron chi connectivity index (χ2n) is 5.29. The Balaban J connectivity index is 1.79. The zero-order chi connectivity index (χ0) is 17.6. The number of benzene rings is 2. The number of nitrogens with zero attached hydrogens (tertiary/aromatic N) is 1. The number of amides is 2. The van der Waals surface area contributed by atoms with Crippen LogP contribution in [-0.4, -0.2) is 24.7 Å². The largest absolute Gasteiger partial charge is 0.497 e. The summed E-state index contributed by atoms with van der Waals surface area (Å²) in [6.07, 6.45) is 1.66. The van der Waals surface area contributed by atoms with Gasteiger partial charge in [0.05, 0.1) is 24.9 Å². The Kier molecular flexibility index (Phi) is 4.99. The number of aromatic nitrogens is 1. The van der Waals surface area contributed by atoms with Gasteiger partial charge in [0.1, 0.15) is 11.5 Å². The van der Waals surface area contributed by atoms with Crippen molar-refractivity contribution in [2.45, 2.75) is 6.92 Å². The van der Waals surface area contributed by atoms with Crippen LogP contribution in [-0.2, 0) is 0 Å². The molecule has 0 aliphatic heterocycles. The van der Waals surface area contributed by atoms with Gasteiger partial charge in [0.15, 0.2) is 0 Å². The highest BCUT2D eigenvalue weighted by molar-refractivity contribution is 6.05. The predicted molar refractivity (Wildman–Crippen MR) is 98.5 cm³/mol. The molecule has 0 saturated heterocycles. The lowest BCUT2D eigenvalue weighted by Crippen LogP contribution is -2.19. The Labute approximate surface area is 145 Å². The first-order chi connectivity index (χ1) is 12.2. The van der Waals surface area contributed by atoms with Crippen LogP contribution in [0.4, 0.5) is 16.2 Å². The number of hydrogen-bond donors (Lipinski definition) is 2. The van der Waals surface area contributed by atoms with Gasteiger partial charge in [0, 0.05) is 35.5 Å². The summed E-state index contributed by atoms with van der Waals surface area (Å²) in [4.78, 5) is 16.7. The fourth-order valence-electron chi connectivity index (χ4n) is 2.50. The van der Waals surface area contributed by atoms with E-state index in [9.17, 15) is 4.79 Å². The van der Waals surface area contributed by atoms with Crippen LogP contribution < -0.4 is 20.1 Å². The zero-order valence-electron chi connectivity index (χ0n) is 14.1. The van der Waals surface area contributed by atoms with E-state index < -0.39 is 0 Å². The van der Waals surface area contributed by atoms with Crippen LogP contribution in [0.25, 0.3) is 10.9 Å². The van der Waals surface area contributed by atoms with Crippen LogP contribution >= 0.6 is 0 Å². The van der Waals surface area contributed by atoms with Crippen molar-refractivity contribution in [3.63, 3.8) is 0 Å². The number of nitrogens with one attached hydrogen (secondary N) is 2. The summed E-state index contributed by atoms with van der Waals surface area (Å²) in [5, 5.41) is 6.52. The lowest BCUT2D eigenvalue weighted by molar-refractivity contribution is 0.262. The molecule has 0 aliphatic rings. The van der Waals surface area contributed by atoms with Crippen molar-refractivity contribution in [1.29, 1.82) is 0 Å². The van der Waals surface area contributed by atoms with E-state index in [2.05, 4.69) is 15.6 Å². The van der Waals surface area contributed by atoms with Gasteiger partial charge in [-0.2, -0.15) is 0 Å². The highest BCUT2D eigenvalue weighted by Crippen LogP contribution is 2.26. The van der Waals surface area contributed by atoms with Gasteiger partial charge in [0.2, 0.25) is 0 Å². The Morgan fingerprint density at radius 2 is 1.88 bits per heavy atom. The quantitative estimate of drug-likeness (QED) is 0.728. The topological polar surface area (TPSA) is 72.5 Å². The summed E-state index contributed by atoms with van der Waals surface area (Å²) in [6.45, 7) is 2.43. The van der Waals surface area contributed by atoms with Crippen LogP contribution in [0.5, 0.6) is 11.5 Å². The van der Waals surface area contributed by atoms with Gasteiger partial charge in [-0.25, -0.2) is 4.79 Å². The number of methoxy groups -OCH3 is 1. The molecule has 128 valence electrons. The lowest BCUT2D eigenvalue weighted by atomic mass is 10.2. The fourth-order valence-corrected chi connectivity index (χ4v) is 2.50. The van der Waals surface area contributed by atoms with Gasteiger partial charge in [-0.05, 0) is 19.1 Å². The number of rotatable bonds is 5. The molecular formula is C19H19N3O3. The predicted octanol–water partition coefficient (Wildman–Crippen LogP) is 4.29. The number of ether oxygens (including phenoxy) is 2. The van der Waals surface area contributed by atoms with E-state index in [1.165, 1.54) is 0 Å². The summed E-state index contributed by atoms with van der Waals surface area (Å²) >= 11 is 0. The van der Waals surface area contributed by atoms with Crippen LogP contribution in [0, 0.1) is 0 Å². The van der Waals surface area contributed by atoms with Gasteiger partial charge >= 0.3 is 6.03 Å². The smallest absolute Gasteiger partial charge is 0.323 e. The molecular weight excluding hydrogens is 318 g/mol. The van der Waals surface area contributed by atoms with E-state index in [1.807, 2.05) is 31.2 Å². The maximum absolute atomic E-state index is 12.4. The zero-order valence-corrected chi connectivity index (χ0v) is 14.1. The number of carbonyl (C=O) groups is 1. The molecule has 2 N–H and O–H groups in total. The molecule has 0 bridgehead atoms. The van der Waals surface area contributed by atoms with Crippen molar-refractivity contribution in [2.75, 3.05) is 24.4 Å². The van der Waals surface area contributed by atoms with Crippen molar-refractivity contribution in [3.05, 3.63) is 54.7 Å². The van der Waals surface area contributed by atoms with Crippen molar-refractivity contribution < 1.29 is 14.3 Å². The molecule has 0 fully saturated rings. The molecule has 25 heavy (non-hydrogen) atoms. The third kappa shape index (κ3) is 3.98. The number of para-hydroxylation sites is 1. The number of urea groups is 1. The fraction of sp³-hybridized carbons (Fsp3) is 0.158. The third-order valence-electron chi connectivity index (χ3n) is 3.58. The molecule has 3 aromatic rings. The minimum atomic E-state index is -0.355.